The van der Waals surface area contributed by atoms with Crippen LogP contribution in [0.5, 0.6) is 0 Å². The second-order valence-electron chi connectivity index (χ2n) is 2.98. The van der Waals surface area contributed by atoms with Crippen molar-refractivity contribution in [2.75, 3.05) is 0 Å². The van der Waals surface area contributed by atoms with Crippen molar-refractivity contribution in [1.82, 2.24) is 15.0 Å². The van der Waals surface area contributed by atoms with Gasteiger partial charge in [-0.3, -0.25) is 0 Å². The lowest BCUT2D eigenvalue weighted by Gasteiger charge is -1.94. The monoisotopic (exact) mass is 204 g/mol. The van der Waals surface area contributed by atoms with Gasteiger partial charge in [0.25, 0.3) is 0 Å². The molecule has 0 bridgehead atoms. The Kier molecular flexibility index (Phi) is 2.40. The fourth-order valence-corrected chi connectivity index (χ4v) is 1.19. The minimum absolute atomic E-state index is 0.231. The first kappa shape index (κ1) is 9.32. The Morgan fingerprint density at radius 3 is 2.67 bits per heavy atom. The van der Waals surface area contributed by atoms with Gasteiger partial charge in [0, 0.05) is 0 Å². The van der Waals surface area contributed by atoms with Gasteiger partial charge >= 0.3 is 5.82 Å². The van der Waals surface area contributed by atoms with E-state index in [-0.39, 0.29) is 5.82 Å². The smallest absolute Gasteiger partial charge is 0.358 e. The standard InChI is InChI=1S/C9H8N4O2/c14-13(15)9-6-10-12(11-9)7-8-4-2-1-3-5-8/h1-6H,7H2. The van der Waals surface area contributed by atoms with Gasteiger partial charge in [0.1, 0.15) is 6.54 Å². The quantitative estimate of drug-likeness (QED) is 0.556. The van der Waals surface area contributed by atoms with Gasteiger partial charge in [-0.1, -0.05) is 35.1 Å². The van der Waals surface area contributed by atoms with Gasteiger partial charge in [-0.05, 0) is 10.5 Å². The zero-order valence-electron chi connectivity index (χ0n) is 7.78. The molecule has 76 valence electrons. The minimum atomic E-state index is -0.561. The number of benzene rings is 1. The van der Waals surface area contributed by atoms with Crippen molar-refractivity contribution in [1.29, 1.82) is 0 Å². The van der Waals surface area contributed by atoms with Gasteiger partial charge in [0.2, 0.25) is 0 Å². The molecule has 0 atom stereocenters. The molecule has 0 spiro atoms. The Hall–Kier alpha value is -2.24. The predicted molar refractivity (Wildman–Crippen MR) is 52.2 cm³/mol. The van der Waals surface area contributed by atoms with Gasteiger partial charge in [-0.15, -0.1) is 5.10 Å². The minimum Gasteiger partial charge on any atom is -0.358 e. The van der Waals surface area contributed by atoms with Crippen LogP contribution in [0.25, 0.3) is 0 Å². The van der Waals surface area contributed by atoms with Crippen molar-refractivity contribution >= 4 is 5.82 Å². The number of hydrogen-bond acceptors (Lipinski definition) is 4. The molecule has 1 heterocycles. The van der Waals surface area contributed by atoms with Crippen LogP contribution >= 0.6 is 0 Å². The van der Waals surface area contributed by atoms with Crippen LogP contribution in [0.1, 0.15) is 5.56 Å². The fraction of sp³-hybridized carbons (Fsp3) is 0.111. The molecule has 0 saturated heterocycles. The van der Waals surface area contributed by atoms with Crippen LogP contribution in [-0.2, 0) is 6.54 Å². The maximum atomic E-state index is 10.4. The molecular weight excluding hydrogens is 196 g/mol. The average molecular weight is 204 g/mol. The zero-order valence-corrected chi connectivity index (χ0v) is 7.78. The Labute approximate surface area is 85.3 Å². The molecular formula is C9H8N4O2. The maximum Gasteiger partial charge on any atom is 0.410 e. The highest BCUT2D eigenvalue weighted by Crippen LogP contribution is 2.05. The summed E-state index contributed by atoms with van der Waals surface area (Å²) < 4.78 is 0. The van der Waals surface area contributed by atoms with Crippen molar-refractivity contribution in [2.45, 2.75) is 6.54 Å². The normalized spacial score (nSPS) is 10.1. The largest absolute Gasteiger partial charge is 0.410 e. The van der Waals surface area contributed by atoms with Crippen LogP contribution in [0, 0.1) is 10.1 Å². The van der Waals surface area contributed by atoms with Crippen molar-refractivity contribution in [3.63, 3.8) is 0 Å². The highest BCUT2D eigenvalue weighted by atomic mass is 16.6. The average Bonchev–Trinajstić information content (AvgIpc) is 2.68. The number of hydrogen-bond donors (Lipinski definition) is 0. The van der Waals surface area contributed by atoms with E-state index in [1.54, 1.807) is 0 Å². The van der Waals surface area contributed by atoms with Crippen molar-refractivity contribution < 1.29 is 4.92 Å². The van der Waals surface area contributed by atoms with Gasteiger partial charge in [-0.2, -0.15) is 0 Å². The van der Waals surface area contributed by atoms with E-state index in [1.807, 2.05) is 30.3 Å². The number of nitro groups is 1. The first-order valence-electron chi connectivity index (χ1n) is 4.34. The highest BCUT2D eigenvalue weighted by molar-refractivity contribution is 5.15. The van der Waals surface area contributed by atoms with Crippen molar-refractivity contribution in [3.8, 4) is 0 Å². The maximum absolute atomic E-state index is 10.4. The molecule has 0 amide bonds. The predicted octanol–water partition coefficient (Wildman–Crippen LogP) is 1.23. The summed E-state index contributed by atoms with van der Waals surface area (Å²) in [5, 5.41) is 17.9. The summed E-state index contributed by atoms with van der Waals surface area (Å²) in [6.07, 6.45) is 1.14. The topological polar surface area (TPSA) is 73.8 Å². The van der Waals surface area contributed by atoms with Crippen LogP contribution in [-0.4, -0.2) is 19.9 Å². The summed E-state index contributed by atoms with van der Waals surface area (Å²) in [6.45, 7) is 0.439. The molecule has 2 aromatic rings. The molecule has 0 saturated carbocycles. The molecule has 1 aromatic heterocycles. The van der Waals surface area contributed by atoms with Crippen LogP contribution < -0.4 is 0 Å². The van der Waals surface area contributed by atoms with Crippen LogP contribution in [0.2, 0.25) is 0 Å². The Morgan fingerprint density at radius 1 is 1.33 bits per heavy atom. The molecule has 6 nitrogen and oxygen atoms in total. The third-order valence-electron chi connectivity index (χ3n) is 1.88. The van der Waals surface area contributed by atoms with E-state index < -0.39 is 4.92 Å². The Bertz CT molecular complexity index is 466. The van der Waals surface area contributed by atoms with Crippen LogP contribution in [0.3, 0.4) is 0 Å². The second kappa shape index (κ2) is 3.87. The fourth-order valence-electron chi connectivity index (χ4n) is 1.19. The lowest BCUT2D eigenvalue weighted by molar-refractivity contribution is -0.389. The summed E-state index contributed by atoms with van der Waals surface area (Å²) in [5.74, 6) is -0.231. The highest BCUT2D eigenvalue weighted by Gasteiger charge is 2.12. The molecule has 0 unspecified atom stereocenters. The molecule has 0 aliphatic rings. The van der Waals surface area contributed by atoms with E-state index in [0.717, 1.165) is 11.8 Å². The summed E-state index contributed by atoms with van der Waals surface area (Å²) in [4.78, 5) is 11.1. The molecule has 2 rings (SSSR count). The van der Waals surface area contributed by atoms with E-state index in [2.05, 4.69) is 10.2 Å². The van der Waals surface area contributed by atoms with E-state index in [1.165, 1.54) is 4.80 Å². The number of rotatable bonds is 3. The van der Waals surface area contributed by atoms with Gasteiger partial charge in [0.15, 0.2) is 6.20 Å². The zero-order chi connectivity index (χ0) is 10.7. The molecule has 0 radical (unpaired) electrons. The number of nitrogens with zero attached hydrogens (tertiary/aromatic N) is 4. The SMILES string of the molecule is O=[N+]([O-])c1cnn(Cc2ccccc2)n1. The Balaban J connectivity index is 2.15. The first-order valence-corrected chi connectivity index (χ1v) is 4.34. The van der Waals surface area contributed by atoms with E-state index in [0.29, 0.717) is 6.54 Å². The lowest BCUT2D eigenvalue weighted by Crippen LogP contribution is -2.03. The summed E-state index contributed by atoms with van der Waals surface area (Å²) in [7, 11) is 0. The molecule has 6 heteroatoms. The lowest BCUT2D eigenvalue weighted by atomic mass is 10.2. The number of aromatic nitrogens is 3. The van der Waals surface area contributed by atoms with Crippen LogP contribution in [0.15, 0.2) is 36.5 Å². The first-order chi connectivity index (χ1) is 7.25. The second-order valence-corrected chi connectivity index (χ2v) is 2.98. The molecule has 1 aromatic carbocycles. The van der Waals surface area contributed by atoms with E-state index in [4.69, 9.17) is 0 Å². The summed E-state index contributed by atoms with van der Waals surface area (Å²) in [5.41, 5.74) is 1.00. The van der Waals surface area contributed by atoms with Crippen LogP contribution in [0.4, 0.5) is 5.82 Å². The summed E-state index contributed by atoms with van der Waals surface area (Å²) >= 11 is 0. The molecule has 0 aliphatic heterocycles. The Morgan fingerprint density at radius 2 is 2.07 bits per heavy atom. The van der Waals surface area contributed by atoms with Gasteiger partial charge in [-0.25, -0.2) is 0 Å². The third-order valence-corrected chi connectivity index (χ3v) is 1.88. The molecule has 15 heavy (non-hydrogen) atoms. The summed E-state index contributed by atoms with van der Waals surface area (Å²) in [6, 6.07) is 9.52. The van der Waals surface area contributed by atoms with E-state index in [9.17, 15) is 10.1 Å². The molecule has 0 aliphatic carbocycles. The van der Waals surface area contributed by atoms with E-state index >= 15 is 0 Å². The molecule has 0 fully saturated rings. The van der Waals surface area contributed by atoms with Crippen molar-refractivity contribution in [3.05, 3.63) is 52.2 Å². The molecule has 0 N–H and O–H groups in total. The van der Waals surface area contributed by atoms with Gasteiger partial charge in [0.05, 0.1) is 5.10 Å². The van der Waals surface area contributed by atoms with Crippen molar-refractivity contribution in [2.24, 2.45) is 0 Å². The van der Waals surface area contributed by atoms with Gasteiger partial charge < -0.3 is 10.1 Å². The third kappa shape index (κ3) is 2.16.